The van der Waals surface area contributed by atoms with Crippen LogP contribution in [0.5, 0.6) is 0 Å². The fourth-order valence-electron chi connectivity index (χ4n) is 6.14. The van der Waals surface area contributed by atoms with Gasteiger partial charge in [0.15, 0.2) is 0 Å². The van der Waals surface area contributed by atoms with Crippen molar-refractivity contribution >= 4 is 87.7 Å². The first-order valence-electron chi connectivity index (χ1n) is 16.2. The summed E-state index contributed by atoms with van der Waals surface area (Å²) in [5.41, 5.74) is 4.47. The van der Waals surface area contributed by atoms with Gasteiger partial charge >= 0.3 is 31.3 Å². The molecule has 14 N–H and O–H groups in total. The maximum atomic E-state index is 10.7. The van der Waals surface area contributed by atoms with Gasteiger partial charge in [-0.15, -0.1) is 0 Å². The Kier molecular flexibility index (Phi) is 20.9. The molecule has 2 aliphatic heterocycles. The molecule has 23 nitrogen and oxygen atoms in total. The second-order valence-electron chi connectivity index (χ2n) is 12.2. The predicted octanol–water partition coefficient (Wildman–Crippen LogP) is 1.55. The summed E-state index contributed by atoms with van der Waals surface area (Å²) in [6.07, 6.45) is 5.01. The standard InChI is InChI=1S/C29H32Cl2N6.H6O13P4.4H2O/c30-22-2-4-24-26(20-22)32-8-6-28(24)36-16-12-34(13-17-36)10-1-11-35-14-18-37(19-15-35)29-7-9-33-27-21-23(31)3-5-25(27)29;1-14(2,3)11-16(7,8)13-17(9,10)12-15(4,5)6;;;;/h2-9,20-21H,1,10-19H2;(H,7,8)(H,9,10)(H2,1,2,3)(H2,4,5,6);4*1H2. The number of benzene rings is 2. The lowest BCUT2D eigenvalue weighted by Crippen LogP contribution is -2.48. The summed E-state index contributed by atoms with van der Waals surface area (Å²) in [7, 11) is -22.6. The number of hydrogen-bond donors (Lipinski definition) is 6. The van der Waals surface area contributed by atoms with Gasteiger partial charge in [0.25, 0.3) is 0 Å². The zero-order valence-electron chi connectivity index (χ0n) is 30.3. The molecule has 29 heteroatoms. The van der Waals surface area contributed by atoms with Crippen LogP contribution in [0.25, 0.3) is 21.8 Å². The number of nitrogens with zero attached hydrogens (tertiary/aromatic N) is 6. The summed E-state index contributed by atoms with van der Waals surface area (Å²) in [4.78, 5) is 68.7. The molecule has 328 valence electrons. The molecule has 0 radical (unpaired) electrons. The normalized spacial score (nSPS) is 17.3. The monoisotopic (exact) mass is 944 g/mol. The molecule has 2 aromatic carbocycles. The number of piperazine rings is 2. The molecule has 58 heavy (non-hydrogen) atoms. The fourth-order valence-corrected chi connectivity index (χ4v) is 10.4. The molecular formula is C29H46Cl2N6O17P4. The number of aromatic nitrogens is 2. The summed E-state index contributed by atoms with van der Waals surface area (Å²) in [5, 5.41) is 3.84. The van der Waals surface area contributed by atoms with Crippen molar-refractivity contribution < 1.29 is 82.5 Å². The third kappa shape index (κ3) is 16.3. The summed E-state index contributed by atoms with van der Waals surface area (Å²) >= 11 is 12.3. The first-order valence-corrected chi connectivity index (χ1v) is 23.0. The maximum absolute atomic E-state index is 10.7. The lowest BCUT2D eigenvalue weighted by atomic mass is 10.1. The quantitative estimate of drug-likeness (QED) is 0.110. The van der Waals surface area contributed by atoms with Crippen LogP contribution in [0.1, 0.15) is 6.42 Å². The highest BCUT2D eigenvalue weighted by Crippen LogP contribution is 2.69. The van der Waals surface area contributed by atoms with Crippen molar-refractivity contribution in [2.45, 2.75) is 6.42 Å². The smallest absolute Gasteiger partial charge is 0.412 e. The van der Waals surface area contributed by atoms with Crippen LogP contribution >= 0.6 is 54.5 Å². The van der Waals surface area contributed by atoms with Crippen molar-refractivity contribution in [3.63, 3.8) is 0 Å². The Bertz CT molecular complexity index is 1990. The molecule has 0 bridgehead atoms. The van der Waals surface area contributed by atoms with Gasteiger partial charge in [-0.3, -0.25) is 19.8 Å². The first-order chi connectivity index (χ1) is 25.3. The van der Waals surface area contributed by atoms with Crippen LogP contribution in [0.4, 0.5) is 11.4 Å². The summed E-state index contributed by atoms with van der Waals surface area (Å²) in [6, 6.07) is 16.3. The molecule has 2 aromatic heterocycles. The van der Waals surface area contributed by atoms with Gasteiger partial charge in [-0.05, 0) is 68.0 Å². The van der Waals surface area contributed by atoms with Crippen molar-refractivity contribution in [1.82, 2.24) is 19.8 Å². The molecule has 6 rings (SSSR count). The number of anilines is 2. The van der Waals surface area contributed by atoms with Gasteiger partial charge in [0.1, 0.15) is 0 Å². The molecule has 0 aliphatic carbocycles. The van der Waals surface area contributed by atoms with Gasteiger partial charge < -0.3 is 61.1 Å². The molecule has 2 atom stereocenters. The Morgan fingerprint density at radius 2 is 0.879 bits per heavy atom. The van der Waals surface area contributed by atoms with E-state index in [1.54, 1.807) is 0 Å². The number of phosphoric acid groups is 4. The van der Waals surface area contributed by atoms with Crippen molar-refractivity contribution in [2.75, 3.05) is 75.2 Å². The van der Waals surface area contributed by atoms with E-state index < -0.39 is 31.3 Å². The third-order valence-electron chi connectivity index (χ3n) is 8.36. The van der Waals surface area contributed by atoms with E-state index in [2.05, 4.69) is 66.8 Å². The summed E-state index contributed by atoms with van der Waals surface area (Å²) in [5.74, 6) is 0. The minimum atomic E-state index is -5.77. The molecule has 4 aromatic rings. The Balaban J connectivity index is 0.000000693. The van der Waals surface area contributed by atoms with Gasteiger partial charge in [-0.1, -0.05) is 23.2 Å². The van der Waals surface area contributed by atoms with E-state index in [1.807, 2.05) is 36.7 Å². The molecular weight excluding hydrogens is 899 g/mol. The molecule has 2 unspecified atom stereocenters. The Labute approximate surface area is 341 Å². The molecule has 4 heterocycles. The van der Waals surface area contributed by atoms with Crippen LogP contribution in [0, 0.1) is 0 Å². The Morgan fingerprint density at radius 1 is 0.534 bits per heavy atom. The Morgan fingerprint density at radius 3 is 1.21 bits per heavy atom. The minimum absolute atomic E-state index is 0. The zero-order valence-corrected chi connectivity index (χ0v) is 35.4. The number of halogens is 2. The summed E-state index contributed by atoms with van der Waals surface area (Å²) < 4.78 is 50.9. The second-order valence-corrected chi connectivity index (χ2v) is 18.8. The molecule has 0 spiro atoms. The van der Waals surface area contributed by atoms with Gasteiger partial charge in [0.05, 0.1) is 11.0 Å². The van der Waals surface area contributed by atoms with Crippen molar-refractivity contribution in [3.05, 3.63) is 71.0 Å². The van der Waals surface area contributed by atoms with Crippen molar-refractivity contribution in [2.24, 2.45) is 0 Å². The van der Waals surface area contributed by atoms with E-state index in [0.29, 0.717) is 0 Å². The van der Waals surface area contributed by atoms with Crippen LogP contribution in [0.3, 0.4) is 0 Å². The van der Waals surface area contributed by atoms with Crippen LogP contribution < -0.4 is 9.80 Å². The van der Waals surface area contributed by atoms with Crippen LogP contribution in [0.15, 0.2) is 60.9 Å². The average molecular weight is 946 g/mol. The largest absolute Gasteiger partial charge is 0.490 e. The lowest BCUT2D eigenvalue weighted by molar-refractivity contribution is 0.193. The first kappa shape index (κ1) is 53.8. The van der Waals surface area contributed by atoms with Gasteiger partial charge in [-0.2, -0.15) is 12.9 Å². The highest BCUT2D eigenvalue weighted by Gasteiger charge is 2.44. The van der Waals surface area contributed by atoms with Crippen molar-refractivity contribution in [1.29, 1.82) is 0 Å². The molecule has 2 fully saturated rings. The number of hydrogen-bond acceptors (Lipinski definition) is 13. The fraction of sp³-hybridized carbons (Fsp3) is 0.379. The number of fused-ring (bicyclic) bond motifs is 2. The van der Waals surface area contributed by atoms with Crippen LogP contribution in [0.2, 0.25) is 10.0 Å². The van der Waals surface area contributed by atoms with E-state index in [-0.39, 0.29) is 21.9 Å². The number of pyridine rings is 2. The van der Waals surface area contributed by atoms with E-state index in [0.717, 1.165) is 86.5 Å². The third-order valence-corrected chi connectivity index (χ3v) is 13.8. The van der Waals surface area contributed by atoms with Crippen LogP contribution in [-0.2, 0) is 31.2 Å². The Hall–Kier alpha value is -2.24. The van der Waals surface area contributed by atoms with Crippen molar-refractivity contribution in [3.8, 4) is 0 Å². The minimum Gasteiger partial charge on any atom is -0.412 e. The zero-order chi connectivity index (χ0) is 39.3. The molecule has 2 aliphatic rings. The highest BCUT2D eigenvalue weighted by molar-refractivity contribution is 7.69. The number of rotatable bonds is 12. The highest BCUT2D eigenvalue weighted by atomic mass is 35.5. The maximum Gasteiger partial charge on any atom is 0.490 e. The average Bonchev–Trinajstić information content (AvgIpc) is 3.05. The summed E-state index contributed by atoms with van der Waals surface area (Å²) in [6.45, 7) is 10.9. The lowest BCUT2D eigenvalue weighted by Gasteiger charge is -2.38. The topological polar surface area (TPSA) is 382 Å². The molecule has 2 saturated heterocycles. The van der Waals surface area contributed by atoms with E-state index in [4.69, 9.17) is 52.6 Å². The van der Waals surface area contributed by atoms with Crippen LogP contribution in [-0.4, -0.2) is 136 Å². The SMILES string of the molecule is Clc1ccc2c(N3CCN(CCCN4CCN(c5ccnc6cc(Cl)ccc56)CC4)CC3)ccnc2c1.O.O.O.O.O=P(O)(O)OP(=O)(O)OP(=O)(O)OP(=O)(O)O. The molecule has 0 saturated carbocycles. The van der Waals surface area contributed by atoms with E-state index in [9.17, 15) is 18.3 Å². The molecule has 0 amide bonds. The van der Waals surface area contributed by atoms with E-state index in [1.165, 1.54) is 28.6 Å². The van der Waals surface area contributed by atoms with Gasteiger partial charge in [-0.25, -0.2) is 18.3 Å². The van der Waals surface area contributed by atoms with Gasteiger partial charge in [0.2, 0.25) is 0 Å². The second kappa shape index (κ2) is 22.6. The predicted molar refractivity (Wildman–Crippen MR) is 217 cm³/mol. The van der Waals surface area contributed by atoms with E-state index >= 15 is 0 Å². The van der Waals surface area contributed by atoms with Gasteiger partial charge in [0, 0.05) is 96.9 Å².